The number of halogens is 1. The summed E-state index contributed by atoms with van der Waals surface area (Å²) in [6.07, 6.45) is -0.436. The quantitative estimate of drug-likeness (QED) is 0.870. The third-order valence-corrected chi connectivity index (χ3v) is 2.75. The summed E-state index contributed by atoms with van der Waals surface area (Å²) in [7, 11) is 1.60. The van der Waals surface area contributed by atoms with Gasteiger partial charge in [-0.05, 0) is 45.9 Å². The predicted molar refractivity (Wildman–Crippen MR) is 85.3 cm³/mol. The summed E-state index contributed by atoms with van der Waals surface area (Å²) in [5.41, 5.74) is 0.278. The van der Waals surface area contributed by atoms with Gasteiger partial charge in [0.05, 0.1) is 12.8 Å². The largest absolute Gasteiger partial charge is 0.495 e. The van der Waals surface area contributed by atoms with Crippen LogP contribution < -0.4 is 15.4 Å². The molecule has 0 aliphatic rings. The average Bonchev–Trinajstić information content (AvgIpc) is 2.35. The Bertz CT molecular complexity index is 486. The molecular formula is C15H23ClN2O3. The summed E-state index contributed by atoms with van der Waals surface area (Å²) < 4.78 is 10.4. The minimum atomic E-state index is -0.503. The molecule has 0 saturated carbocycles. The number of ether oxygens (including phenoxy) is 2. The molecule has 0 spiro atoms. The number of hydrogen-bond acceptors (Lipinski definition) is 4. The molecule has 1 aromatic rings. The maximum absolute atomic E-state index is 11.6. The number of benzene rings is 1. The van der Waals surface area contributed by atoms with E-state index in [4.69, 9.17) is 21.1 Å². The van der Waals surface area contributed by atoms with Gasteiger partial charge in [0.2, 0.25) is 0 Å². The van der Waals surface area contributed by atoms with Crippen LogP contribution in [0.1, 0.15) is 27.7 Å². The Morgan fingerprint density at radius 1 is 1.38 bits per heavy atom. The molecule has 0 bridgehead atoms. The second kappa shape index (κ2) is 7.41. The van der Waals surface area contributed by atoms with Gasteiger partial charge >= 0.3 is 6.09 Å². The lowest BCUT2D eigenvalue weighted by molar-refractivity contribution is 0.0526. The molecular weight excluding hydrogens is 292 g/mol. The third kappa shape index (κ3) is 6.58. The van der Waals surface area contributed by atoms with Gasteiger partial charge in [0.15, 0.2) is 0 Å². The van der Waals surface area contributed by atoms with Crippen LogP contribution in [-0.2, 0) is 4.74 Å². The van der Waals surface area contributed by atoms with E-state index < -0.39 is 11.7 Å². The molecule has 0 aliphatic heterocycles. The van der Waals surface area contributed by atoms with E-state index in [1.807, 2.05) is 27.7 Å². The van der Waals surface area contributed by atoms with Gasteiger partial charge in [0, 0.05) is 17.6 Å². The minimum Gasteiger partial charge on any atom is -0.495 e. The average molecular weight is 315 g/mol. The molecule has 0 radical (unpaired) electrons. The maximum Gasteiger partial charge on any atom is 0.407 e. The summed E-state index contributed by atoms with van der Waals surface area (Å²) in [6.45, 7) is 7.84. The fourth-order valence-corrected chi connectivity index (χ4v) is 1.83. The SMILES string of the molecule is COc1ccc(Cl)cc1NC(C)CNC(=O)OC(C)(C)C. The van der Waals surface area contributed by atoms with Crippen LogP contribution in [-0.4, -0.2) is 31.4 Å². The normalized spacial score (nSPS) is 12.5. The molecule has 5 nitrogen and oxygen atoms in total. The number of amides is 1. The first-order valence-corrected chi connectivity index (χ1v) is 7.16. The Morgan fingerprint density at radius 2 is 2.05 bits per heavy atom. The van der Waals surface area contributed by atoms with E-state index in [2.05, 4.69) is 10.6 Å². The van der Waals surface area contributed by atoms with Crippen molar-refractivity contribution in [3.05, 3.63) is 23.2 Å². The molecule has 0 aromatic heterocycles. The maximum atomic E-state index is 11.6. The Balaban J connectivity index is 2.52. The molecule has 0 saturated heterocycles. The Labute approximate surface area is 131 Å². The lowest BCUT2D eigenvalue weighted by Crippen LogP contribution is -2.38. The fourth-order valence-electron chi connectivity index (χ4n) is 1.66. The van der Waals surface area contributed by atoms with Crippen molar-refractivity contribution < 1.29 is 14.3 Å². The molecule has 21 heavy (non-hydrogen) atoms. The topological polar surface area (TPSA) is 59.6 Å². The van der Waals surface area contributed by atoms with Crippen LogP contribution in [0.15, 0.2) is 18.2 Å². The molecule has 1 aromatic carbocycles. The standard InChI is InChI=1S/C15H23ClN2O3/c1-10(9-17-14(19)21-15(2,3)4)18-12-8-11(16)6-7-13(12)20-5/h6-8,10,18H,9H2,1-5H3,(H,17,19). The van der Waals surface area contributed by atoms with Gasteiger partial charge in [-0.1, -0.05) is 11.6 Å². The molecule has 0 aliphatic carbocycles. The van der Waals surface area contributed by atoms with Crippen LogP contribution in [0.4, 0.5) is 10.5 Å². The number of carbonyl (C=O) groups excluding carboxylic acids is 1. The summed E-state index contributed by atoms with van der Waals surface area (Å²) in [5, 5.41) is 6.57. The van der Waals surface area contributed by atoms with Crippen LogP contribution in [0, 0.1) is 0 Å². The number of carbonyl (C=O) groups is 1. The Kier molecular flexibility index (Phi) is 6.15. The van der Waals surface area contributed by atoms with Crippen LogP contribution >= 0.6 is 11.6 Å². The number of methoxy groups -OCH3 is 1. The summed E-state index contributed by atoms with van der Waals surface area (Å²) in [4.78, 5) is 11.6. The molecule has 0 heterocycles. The van der Waals surface area contributed by atoms with E-state index in [9.17, 15) is 4.79 Å². The summed E-state index contributed by atoms with van der Waals surface area (Å²) in [5.74, 6) is 0.698. The molecule has 2 N–H and O–H groups in total. The Hall–Kier alpha value is -1.62. The van der Waals surface area contributed by atoms with Gasteiger partial charge in [-0.2, -0.15) is 0 Å². The van der Waals surface area contributed by atoms with Gasteiger partial charge in [-0.25, -0.2) is 4.79 Å². The van der Waals surface area contributed by atoms with E-state index >= 15 is 0 Å². The first-order valence-electron chi connectivity index (χ1n) is 6.78. The number of nitrogens with one attached hydrogen (secondary N) is 2. The zero-order chi connectivity index (χ0) is 16.0. The lowest BCUT2D eigenvalue weighted by Gasteiger charge is -2.22. The highest BCUT2D eigenvalue weighted by molar-refractivity contribution is 6.30. The van der Waals surface area contributed by atoms with Gasteiger partial charge in [0.25, 0.3) is 0 Å². The van der Waals surface area contributed by atoms with Crippen molar-refractivity contribution in [2.24, 2.45) is 0 Å². The molecule has 6 heteroatoms. The third-order valence-electron chi connectivity index (χ3n) is 2.51. The molecule has 1 amide bonds. The van der Waals surface area contributed by atoms with Crippen LogP contribution in [0.5, 0.6) is 5.75 Å². The van der Waals surface area contributed by atoms with E-state index in [-0.39, 0.29) is 6.04 Å². The Morgan fingerprint density at radius 3 is 2.62 bits per heavy atom. The van der Waals surface area contributed by atoms with Crippen LogP contribution in [0.25, 0.3) is 0 Å². The molecule has 0 fully saturated rings. The van der Waals surface area contributed by atoms with Crippen molar-refractivity contribution in [2.45, 2.75) is 39.3 Å². The zero-order valence-electron chi connectivity index (χ0n) is 13.1. The highest BCUT2D eigenvalue weighted by atomic mass is 35.5. The van der Waals surface area contributed by atoms with Gasteiger partial charge in [-0.15, -0.1) is 0 Å². The fraction of sp³-hybridized carbons (Fsp3) is 0.533. The van der Waals surface area contributed by atoms with Crippen molar-refractivity contribution in [1.29, 1.82) is 0 Å². The number of anilines is 1. The molecule has 1 rings (SSSR count). The van der Waals surface area contributed by atoms with E-state index in [0.717, 1.165) is 5.69 Å². The minimum absolute atomic E-state index is 0.00937. The first-order chi connectivity index (χ1) is 9.71. The molecule has 118 valence electrons. The van der Waals surface area contributed by atoms with Crippen LogP contribution in [0.3, 0.4) is 0 Å². The highest BCUT2D eigenvalue weighted by Crippen LogP contribution is 2.28. The summed E-state index contributed by atoms with van der Waals surface area (Å²) in [6, 6.07) is 5.32. The van der Waals surface area contributed by atoms with Gasteiger partial charge in [-0.3, -0.25) is 0 Å². The van der Waals surface area contributed by atoms with Crippen molar-refractivity contribution in [3.63, 3.8) is 0 Å². The zero-order valence-corrected chi connectivity index (χ0v) is 13.9. The first kappa shape index (κ1) is 17.4. The molecule has 1 atom stereocenters. The van der Waals surface area contributed by atoms with E-state index in [0.29, 0.717) is 17.3 Å². The van der Waals surface area contributed by atoms with Crippen molar-refractivity contribution in [3.8, 4) is 5.75 Å². The number of rotatable bonds is 5. The molecule has 1 unspecified atom stereocenters. The summed E-state index contributed by atoms with van der Waals surface area (Å²) >= 11 is 5.97. The lowest BCUT2D eigenvalue weighted by atomic mass is 10.2. The van der Waals surface area contributed by atoms with Gasteiger partial charge < -0.3 is 20.1 Å². The monoisotopic (exact) mass is 314 g/mol. The van der Waals surface area contributed by atoms with Crippen molar-refractivity contribution in [2.75, 3.05) is 19.0 Å². The highest BCUT2D eigenvalue weighted by Gasteiger charge is 2.16. The van der Waals surface area contributed by atoms with Crippen molar-refractivity contribution in [1.82, 2.24) is 5.32 Å². The van der Waals surface area contributed by atoms with Crippen LogP contribution in [0.2, 0.25) is 5.02 Å². The smallest absolute Gasteiger partial charge is 0.407 e. The van der Waals surface area contributed by atoms with Crippen molar-refractivity contribution >= 4 is 23.4 Å². The predicted octanol–water partition coefficient (Wildman–Crippen LogP) is 3.67. The van der Waals surface area contributed by atoms with Gasteiger partial charge in [0.1, 0.15) is 11.4 Å². The number of alkyl carbamates (subject to hydrolysis) is 1. The second-order valence-corrected chi connectivity index (χ2v) is 6.21. The van der Waals surface area contributed by atoms with E-state index in [1.54, 1.807) is 25.3 Å². The van der Waals surface area contributed by atoms with E-state index in [1.165, 1.54) is 0 Å². The number of hydrogen-bond donors (Lipinski definition) is 2. The second-order valence-electron chi connectivity index (χ2n) is 5.77.